The van der Waals surface area contributed by atoms with Gasteiger partial charge in [0.15, 0.2) is 0 Å². The largest absolute Gasteiger partial charge is 0.478 e. The van der Waals surface area contributed by atoms with Gasteiger partial charge < -0.3 is 15.2 Å². The standard InChI is InChI=1S/C23H21NO3/c25-23(26)16-9-7-15(8-10-16)21-18-6-3-13-27-22(18)20-17-5-2-1-4-14(17)11-12-19(20)24-21/h1-2,4-5,7-12,18,21-22,24H,3,6,13H2,(H,25,26)/t18-,21?,22?/m0/s1. The molecule has 0 bridgehead atoms. The van der Waals surface area contributed by atoms with E-state index in [2.05, 4.69) is 41.7 Å². The van der Waals surface area contributed by atoms with Crippen LogP contribution in [0.25, 0.3) is 10.8 Å². The number of hydrogen-bond donors (Lipinski definition) is 2. The minimum Gasteiger partial charge on any atom is -0.478 e. The maximum Gasteiger partial charge on any atom is 0.335 e. The lowest BCUT2D eigenvalue weighted by molar-refractivity contribution is -0.0372. The van der Waals surface area contributed by atoms with Gasteiger partial charge in [0.25, 0.3) is 0 Å². The second kappa shape index (κ2) is 6.39. The average molecular weight is 359 g/mol. The first-order chi connectivity index (χ1) is 13.2. The summed E-state index contributed by atoms with van der Waals surface area (Å²) in [5, 5.41) is 15.4. The zero-order chi connectivity index (χ0) is 18.4. The quantitative estimate of drug-likeness (QED) is 0.662. The van der Waals surface area contributed by atoms with E-state index < -0.39 is 5.97 Å². The number of ether oxygens (including phenoxy) is 1. The van der Waals surface area contributed by atoms with Gasteiger partial charge in [-0.1, -0.05) is 42.5 Å². The molecular weight excluding hydrogens is 338 g/mol. The first-order valence-electron chi connectivity index (χ1n) is 9.45. The Kier molecular flexibility index (Phi) is 3.87. The maximum atomic E-state index is 11.2. The molecule has 1 saturated heterocycles. The normalized spacial score (nSPS) is 23.9. The van der Waals surface area contributed by atoms with E-state index >= 15 is 0 Å². The van der Waals surface area contributed by atoms with Crippen LogP contribution in [0, 0.1) is 5.92 Å². The lowest BCUT2D eigenvalue weighted by atomic mass is 9.76. The predicted octanol–water partition coefficient (Wildman–Crippen LogP) is 5.17. The number of carboxylic acid groups (broad SMARTS) is 1. The number of nitrogens with one attached hydrogen (secondary N) is 1. The molecule has 1 fully saturated rings. The van der Waals surface area contributed by atoms with Crippen molar-refractivity contribution in [2.75, 3.05) is 11.9 Å². The molecule has 4 heteroatoms. The maximum absolute atomic E-state index is 11.2. The number of aromatic carboxylic acids is 1. The van der Waals surface area contributed by atoms with E-state index in [1.165, 1.54) is 16.3 Å². The third kappa shape index (κ3) is 2.68. The molecule has 0 spiro atoms. The monoisotopic (exact) mass is 359 g/mol. The molecule has 2 aliphatic rings. The van der Waals surface area contributed by atoms with Crippen LogP contribution in [-0.2, 0) is 4.74 Å². The van der Waals surface area contributed by atoms with E-state index in [-0.39, 0.29) is 12.1 Å². The molecule has 0 saturated carbocycles. The Balaban J connectivity index is 1.61. The molecule has 4 nitrogen and oxygen atoms in total. The lowest BCUT2D eigenvalue weighted by Crippen LogP contribution is -2.36. The number of fused-ring (bicyclic) bond motifs is 5. The highest BCUT2D eigenvalue weighted by atomic mass is 16.5. The van der Waals surface area contributed by atoms with Crippen molar-refractivity contribution < 1.29 is 14.6 Å². The first kappa shape index (κ1) is 16.3. The fourth-order valence-electron chi connectivity index (χ4n) is 4.61. The Morgan fingerprint density at radius 1 is 1.04 bits per heavy atom. The average Bonchev–Trinajstić information content (AvgIpc) is 2.73. The molecule has 0 amide bonds. The highest BCUT2D eigenvalue weighted by molar-refractivity contribution is 5.91. The Hall–Kier alpha value is -2.85. The molecule has 136 valence electrons. The van der Waals surface area contributed by atoms with Crippen LogP contribution in [0.2, 0.25) is 0 Å². The van der Waals surface area contributed by atoms with Crippen molar-refractivity contribution in [2.45, 2.75) is 25.0 Å². The molecule has 5 rings (SSSR count). The summed E-state index contributed by atoms with van der Waals surface area (Å²) >= 11 is 0. The highest BCUT2D eigenvalue weighted by Crippen LogP contribution is 2.51. The minimum atomic E-state index is -0.895. The third-order valence-electron chi connectivity index (χ3n) is 5.88. The van der Waals surface area contributed by atoms with Crippen molar-refractivity contribution in [1.29, 1.82) is 0 Å². The summed E-state index contributed by atoms with van der Waals surface area (Å²) in [5.41, 5.74) is 3.80. The van der Waals surface area contributed by atoms with Gasteiger partial charge in [0.2, 0.25) is 0 Å². The Morgan fingerprint density at radius 2 is 1.85 bits per heavy atom. The van der Waals surface area contributed by atoms with Gasteiger partial charge in [0, 0.05) is 23.8 Å². The van der Waals surface area contributed by atoms with Crippen molar-refractivity contribution >= 4 is 22.4 Å². The summed E-state index contributed by atoms with van der Waals surface area (Å²) in [7, 11) is 0. The van der Waals surface area contributed by atoms with E-state index in [0.717, 1.165) is 30.7 Å². The fourth-order valence-corrected chi connectivity index (χ4v) is 4.61. The topological polar surface area (TPSA) is 58.6 Å². The van der Waals surface area contributed by atoms with Crippen LogP contribution in [0.15, 0.2) is 60.7 Å². The summed E-state index contributed by atoms with van der Waals surface area (Å²) in [6.07, 6.45) is 2.20. The number of anilines is 1. The minimum absolute atomic E-state index is 0.0604. The summed E-state index contributed by atoms with van der Waals surface area (Å²) in [5.74, 6) is -0.568. The Labute approximate surface area is 157 Å². The Morgan fingerprint density at radius 3 is 2.67 bits per heavy atom. The van der Waals surface area contributed by atoms with E-state index in [1.54, 1.807) is 12.1 Å². The van der Waals surface area contributed by atoms with Crippen molar-refractivity contribution in [3.05, 3.63) is 77.4 Å². The van der Waals surface area contributed by atoms with Gasteiger partial charge in [-0.3, -0.25) is 0 Å². The van der Waals surface area contributed by atoms with E-state index in [1.807, 2.05) is 12.1 Å². The van der Waals surface area contributed by atoms with Crippen molar-refractivity contribution in [3.63, 3.8) is 0 Å². The zero-order valence-corrected chi connectivity index (χ0v) is 14.9. The van der Waals surface area contributed by atoms with Gasteiger partial charge in [-0.25, -0.2) is 4.79 Å². The molecule has 2 unspecified atom stereocenters. The lowest BCUT2D eigenvalue weighted by Gasteiger charge is -2.44. The molecular formula is C23H21NO3. The van der Waals surface area contributed by atoms with Gasteiger partial charge in [0.1, 0.15) is 0 Å². The van der Waals surface area contributed by atoms with Gasteiger partial charge in [-0.2, -0.15) is 0 Å². The molecule has 3 aromatic rings. The van der Waals surface area contributed by atoms with Gasteiger partial charge >= 0.3 is 5.97 Å². The summed E-state index contributed by atoms with van der Waals surface area (Å²) in [4.78, 5) is 11.2. The first-order valence-corrected chi connectivity index (χ1v) is 9.45. The molecule has 0 radical (unpaired) electrons. The van der Waals surface area contributed by atoms with Crippen molar-refractivity contribution in [3.8, 4) is 0 Å². The Bertz CT molecular complexity index is 1010. The number of rotatable bonds is 2. The number of carboxylic acids is 1. The van der Waals surface area contributed by atoms with E-state index in [0.29, 0.717) is 11.5 Å². The summed E-state index contributed by atoms with van der Waals surface area (Å²) in [6, 6.07) is 20.1. The predicted molar refractivity (Wildman–Crippen MR) is 105 cm³/mol. The van der Waals surface area contributed by atoms with Crippen LogP contribution in [0.4, 0.5) is 5.69 Å². The number of hydrogen-bond acceptors (Lipinski definition) is 3. The second-order valence-corrected chi connectivity index (χ2v) is 7.39. The van der Waals surface area contributed by atoms with Gasteiger partial charge in [-0.15, -0.1) is 0 Å². The van der Waals surface area contributed by atoms with Gasteiger partial charge in [0.05, 0.1) is 17.7 Å². The van der Waals surface area contributed by atoms with Crippen LogP contribution in [0.5, 0.6) is 0 Å². The van der Waals surface area contributed by atoms with Crippen LogP contribution in [-0.4, -0.2) is 17.7 Å². The molecule has 2 N–H and O–H groups in total. The summed E-state index contributed by atoms with van der Waals surface area (Å²) < 4.78 is 6.30. The molecule has 0 aromatic heterocycles. The highest BCUT2D eigenvalue weighted by Gasteiger charge is 2.40. The van der Waals surface area contributed by atoms with Gasteiger partial charge in [-0.05, 0) is 47.4 Å². The number of carbonyl (C=O) groups is 1. The second-order valence-electron chi connectivity index (χ2n) is 7.39. The molecule has 2 aliphatic heterocycles. The summed E-state index contributed by atoms with van der Waals surface area (Å²) in [6.45, 7) is 0.786. The van der Waals surface area contributed by atoms with Crippen molar-refractivity contribution in [1.82, 2.24) is 0 Å². The van der Waals surface area contributed by atoms with E-state index in [9.17, 15) is 4.79 Å². The van der Waals surface area contributed by atoms with Crippen LogP contribution in [0.3, 0.4) is 0 Å². The SMILES string of the molecule is O=C(O)c1ccc(C2Nc3ccc4ccccc4c3C3OCCC[C@@H]23)cc1. The molecule has 2 heterocycles. The van der Waals surface area contributed by atoms with Crippen LogP contribution in [0.1, 0.15) is 46.5 Å². The fraction of sp³-hybridized carbons (Fsp3) is 0.261. The van der Waals surface area contributed by atoms with Crippen molar-refractivity contribution in [2.24, 2.45) is 5.92 Å². The number of benzene rings is 3. The van der Waals surface area contributed by atoms with Crippen LogP contribution < -0.4 is 5.32 Å². The zero-order valence-electron chi connectivity index (χ0n) is 14.9. The molecule has 0 aliphatic carbocycles. The van der Waals surface area contributed by atoms with E-state index in [4.69, 9.17) is 9.84 Å². The van der Waals surface area contributed by atoms with Crippen LogP contribution >= 0.6 is 0 Å². The smallest absolute Gasteiger partial charge is 0.335 e. The molecule has 3 atom stereocenters. The molecule has 27 heavy (non-hydrogen) atoms. The molecule has 3 aromatic carbocycles. The third-order valence-corrected chi connectivity index (χ3v) is 5.88.